The van der Waals surface area contributed by atoms with Gasteiger partial charge in [0.05, 0.1) is 25.7 Å². The first-order valence-electron chi connectivity index (χ1n) is 7.93. The van der Waals surface area contributed by atoms with Gasteiger partial charge in [-0.1, -0.05) is 0 Å². The number of carbonyl (C=O) groups is 1. The molecule has 4 N–H and O–H groups in total. The second kappa shape index (κ2) is 6.01. The van der Waals surface area contributed by atoms with Crippen LogP contribution in [0.3, 0.4) is 0 Å². The minimum absolute atomic E-state index is 0.0701. The van der Waals surface area contributed by atoms with Crippen LogP contribution < -0.4 is 15.4 Å². The van der Waals surface area contributed by atoms with Gasteiger partial charge >= 0.3 is 0 Å². The van der Waals surface area contributed by atoms with Gasteiger partial charge in [-0.15, -0.1) is 0 Å². The minimum Gasteiger partial charge on any atom is -0.497 e. The zero-order valence-corrected chi connectivity index (χ0v) is 13.3. The Kier molecular flexibility index (Phi) is 3.70. The monoisotopic (exact) mass is 325 g/mol. The molecule has 1 aliphatic heterocycles. The number of aromatic amines is 2. The molecule has 4 rings (SSSR count). The molecule has 24 heavy (non-hydrogen) atoms. The number of hydrogen-bond donors (Lipinski definition) is 4. The van der Waals surface area contributed by atoms with Crippen LogP contribution >= 0.6 is 0 Å². The molecular formula is C17H19N5O2. The van der Waals surface area contributed by atoms with E-state index in [1.54, 1.807) is 13.4 Å². The van der Waals surface area contributed by atoms with Gasteiger partial charge in [-0.2, -0.15) is 0 Å². The van der Waals surface area contributed by atoms with E-state index >= 15 is 0 Å². The second-order valence-electron chi connectivity index (χ2n) is 5.87. The van der Waals surface area contributed by atoms with Crippen LogP contribution in [0.4, 0.5) is 0 Å². The van der Waals surface area contributed by atoms with Crippen molar-refractivity contribution in [3.8, 4) is 5.75 Å². The summed E-state index contributed by atoms with van der Waals surface area (Å²) in [7, 11) is 1.65. The summed E-state index contributed by atoms with van der Waals surface area (Å²) >= 11 is 0. The molecule has 0 saturated carbocycles. The number of fused-ring (bicyclic) bond motifs is 2. The molecule has 3 heterocycles. The number of nitrogens with one attached hydrogen (secondary N) is 4. The molecule has 3 aromatic rings. The Hall–Kier alpha value is -2.80. The summed E-state index contributed by atoms with van der Waals surface area (Å²) < 4.78 is 5.23. The summed E-state index contributed by atoms with van der Waals surface area (Å²) in [5.41, 5.74) is 3.79. The van der Waals surface area contributed by atoms with Crippen molar-refractivity contribution in [1.29, 1.82) is 0 Å². The van der Waals surface area contributed by atoms with Gasteiger partial charge in [0.1, 0.15) is 11.8 Å². The van der Waals surface area contributed by atoms with Crippen LogP contribution in [-0.2, 0) is 17.8 Å². The molecule has 1 unspecified atom stereocenters. The minimum atomic E-state index is -0.399. The number of benzene rings is 1. The average Bonchev–Trinajstić information content (AvgIpc) is 3.24. The highest BCUT2D eigenvalue weighted by Crippen LogP contribution is 2.22. The van der Waals surface area contributed by atoms with Crippen molar-refractivity contribution in [2.45, 2.75) is 19.0 Å². The average molecular weight is 325 g/mol. The maximum Gasteiger partial charge on any atom is 0.243 e. The van der Waals surface area contributed by atoms with Gasteiger partial charge < -0.3 is 25.3 Å². The largest absolute Gasteiger partial charge is 0.497 e. The molecule has 1 amide bonds. The molecule has 0 saturated heterocycles. The first-order valence-corrected chi connectivity index (χ1v) is 7.93. The fourth-order valence-corrected chi connectivity index (χ4v) is 3.11. The Balaban J connectivity index is 1.46. The number of nitrogens with zero attached hydrogens (tertiary/aromatic N) is 1. The van der Waals surface area contributed by atoms with E-state index < -0.39 is 6.04 Å². The fraction of sp³-hybridized carbons (Fsp3) is 0.294. The summed E-state index contributed by atoms with van der Waals surface area (Å²) in [6.45, 7) is 1.20. The van der Waals surface area contributed by atoms with E-state index in [4.69, 9.17) is 4.74 Å². The number of amides is 1. The van der Waals surface area contributed by atoms with Crippen LogP contribution in [0.25, 0.3) is 10.9 Å². The summed E-state index contributed by atoms with van der Waals surface area (Å²) in [6.07, 6.45) is 2.51. The van der Waals surface area contributed by atoms with E-state index in [0.717, 1.165) is 46.7 Å². The van der Waals surface area contributed by atoms with Crippen LogP contribution in [-0.4, -0.2) is 34.5 Å². The van der Waals surface area contributed by atoms with Crippen molar-refractivity contribution in [3.05, 3.63) is 47.7 Å². The van der Waals surface area contributed by atoms with Crippen LogP contribution in [0, 0.1) is 0 Å². The highest BCUT2D eigenvalue weighted by Gasteiger charge is 2.28. The molecular weight excluding hydrogens is 306 g/mol. The first kappa shape index (κ1) is 14.8. The number of imidazole rings is 1. The topological polar surface area (TPSA) is 94.8 Å². The summed E-state index contributed by atoms with van der Waals surface area (Å²) in [4.78, 5) is 23.2. The summed E-state index contributed by atoms with van der Waals surface area (Å²) in [5.74, 6) is 0.744. The third kappa shape index (κ3) is 2.63. The first-order chi connectivity index (χ1) is 11.7. The Morgan fingerprint density at radius 3 is 3.21 bits per heavy atom. The van der Waals surface area contributed by atoms with Crippen LogP contribution in [0.2, 0.25) is 0 Å². The Labute approximate surface area is 138 Å². The van der Waals surface area contributed by atoms with Gasteiger partial charge in [0.25, 0.3) is 0 Å². The van der Waals surface area contributed by atoms with Crippen molar-refractivity contribution in [2.75, 3.05) is 13.7 Å². The van der Waals surface area contributed by atoms with Gasteiger partial charge in [-0.05, 0) is 24.3 Å². The Morgan fingerprint density at radius 2 is 2.33 bits per heavy atom. The highest BCUT2D eigenvalue weighted by molar-refractivity contribution is 5.84. The third-order valence-corrected chi connectivity index (χ3v) is 4.35. The smallest absolute Gasteiger partial charge is 0.243 e. The maximum atomic E-state index is 12.5. The molecule has 1 atom stereocenters. The molecule has 2 aromatic heterocycles. The lowest BCUT2D eigenvalue weighted by Gasteiger charge is -2.22. The summed E-state index contributed by atoms with van der Waals surface area (Å²) in [5, 5.41) is 7.25. The molecule has 7 heteroatoms. The molecule has 0 radical (unpaired) electrons. The number of rotatable bonds is 4. The van der Waals surface area contributed by atoms with Crippen LogP contribution in [0.1, 0.15) is 23.1 Å². The molecule has 1 aromatic carbocycles. The van der Waals surface area contributed by atoms with Gasteiger partial charge in [0.2, 0.25) is 5.91 Å². The van der Waals surface area contributed by atoms with Crippen LogP contribution in [0.5, 0.6) is 5.75 Å². The zero-order valence-electron chi connectivity index (χ0n) is 13.3. The number of H-pyrrole nitrogens is 2. The van der Waals surface area contributed by atoms with Crippen molar-refractivity contribution < 1.29 is 9.53 Å². The normalized spacial score (nSPS) is 16.8. The van der Waals surface area contributed by atoms with Crippen molar-refractivity contribution in [3.63, 3.8) is 0 Å². The van der Waals surface area contributed by atoms with Gasteiger partial charge in [0, 0.05) is 35.3 Å². The van der Waals surface area contributed by atoms with Crippen molar-refractivity contribution in [1.82, 2.24) is 25.6 Å². The molecule has 124 valence electrons. The van der Waals surface area contributed by atoms with E-state index in [1.165, 1.54) is 0 Å². The lowest BCUT2D eigenvalue weighted by atomic mass is 10.1. The lowest BCUT2D eigenvalue weighted by molar-refractivity contribution is -0.123. The van der Waals surface area contributed by atoms with E-state index in [1.807, 2.05) is 24.3 Å². The van der Waals surface area contributed by atoms with Crippen LogP contribution in [0.15, 0.2) is 30.6 Å². The molecule has 0 spiro atoms. The summed E-state index contributed by atoms with van der Waals surface area (Å²) in [6, 6.07) is 7.47. The van der Waals surface area contributed by atoms with E-state index in [-0.39, 0.29) is 5.91 Å². The van der Waals surface area contributed by atoms with E-state index in [0.29, 0.717) is 6.54 Å². The Bertz CT molecular complexity index is 882. The predicted octanol–water partition coefficient (Wildman–Crippen LogP) is 1.40. The number of aromatic nitrogens is 3. The van der Waals surface area contributed by atoms with E-state index in [9.17, 15) is 4.79 Å². The quantitative estimate of drug-likeness (QED) is 0.583. The standard InChI is InChI=1S/C17H19N5O2/c1-24-12-2-3-13-10(7-12)6-11(22-13)8-19-17(23)16-15-14(4-5-18-16)20-9-21-15/h2-3,6-7,9,16,18,22H,4-5,8H2,1H3,(H,19,23)(H,20,21). The number of carbonyl (C=O) groups excluding carboxylic acids is 1. The molecule has 0 bridgehead atoms. The molecule has 0 fully saturated rings. The molecule has 1 aliphatic rings. The van der Waals surface area contributed by atoms with Gasteiger partial charge in [-0.3, -0.25) is 4.79 Å². The predicted molar refractivity (Wildman–Crippen MR) is 89.7 cm³/mol. The molecule has 0 aliphatic carbocycles. The lowest BCUT2D eigenvalue weighted by Crippen LogP contribution is -2.41. The van der Waals surface area contributed by atoms with Crippen molar-refractivity contribution >= 4 is 16.8 Å². The van der Waals surface area contributed by atoms with Crippen molar-refractivity contribution in [2.24, 2.45) is 0 Å². The van der Waals surface area contributed by atoms with Gasteiger partial charge in [-0.25, -0.2) is 4.98 Å². The number of ether oxygens (including phenoxy) is 1. The third-order valence-electron chi connectivity index (χ3n) is 4.35. The number of hydrogen-bond acceptors (Lipinski definition) is 4. The SMILES string of the molecule is COc1ccc2[nH]c(CNC(=O)C3NCCc4[nH]cnc43)cc2c1. The zero-order chi connectivity index (χ0) is 16.5. The highest BCUT2D eigenvalue weighted by atomic mass is 16.5. The maximum absolute atomic E-state index is 12.5. The second-order valence-corrected chi connectivity index (χ2v) is 5.87. The fourth-order valence-electron chi connectivity index (χ4n) is 3.11. The van der Waals surface area contributed by atoms with E-state index in [2.05, 4.69) is 25.6 Å². The number of methoxy groups -OCH3 is 1. The Morgan fingerprint density at radius 1 is 1.42 bits per heavy atom. The van der Waals surface area contributed by atoms with Gasteiger partial charge in [0.15, 0.2) is 0 Å². The molecule has 7 nitrogen and oxygen atoms in total.